The van der Waals surface area contributed by atoms with E-state index in [1.807, 2.05) is 28.0 Å². The van der Waals surface area contributed by atoms with E-state index in [1.54, 1.807) is 12.0 Å². The van der Waals surface area contributed by atoms with Gasteiger partial charge in [-0.25, -0.2) is 9.78 Å². The van der Waals surface area contributed by atoms with Crippen molar-refractivity contribution in [2.24, 2.45) is 17.3 Å². The Hall–Kier alpha value is -3.88. The van der Waals surface area contributed by atoms with Crippen molar-refractivity contribution in [1.82, 2.24) is 19.7 Å². The minimum atomic E-state index is -0.203. The highest BCUT2D eigenvalue weighted by Gasteiger charge is 2.51. The molecule has 274 valence electrons. The smallest absolute Gasteiger partial charge is 0.410 e. The van der Waals surface area contributed by atoms with E-state index in [0.717, 1.165) is 93.6 Å². The Morgan fingerprint density at radius 3 is 2.31 bits per heavy atom. The SMILES string of the molecule is CCC(C)(C)n1cc(-c2ccnc(N(CC34CCC(c5ccc(OC)c(C)c5)(CC3)CC4)C(=O)[C@H]3CC[C@H](OC(=O)N4CC(C)C4)CC3)c2)cn1. The molecule has 9 nitrogen and oxygen atoms in total. The maximum Gasteiger partial charge on any atom is 0.410 e. The minimum absolute atomic E-state index is 0.0632. The van der Waals surface area contributed by atoms with Crippen molar-refractivity contribution in [3.05, 3.63) is 60.0 Å². The number of amides is 2. The molecule has 1 aromatic carbocycles. The first-order chi connectivity index (χ1) is 24.4. The van der Waals surface area contributed by atoms with Crippen LogP contribution in [0.15, 0.2) is 48.9 Å². The highest BCUT2D eigenvalue weighted by molar-refractivity contribution is 5.95. The maximum absolute atomic E-state index is 14.7. The number of aryl methyl sites for hydroxylation is 1. The Bertz CT molecular complexity index is 1710. The second-order valence-electron chi connectivity index (χ2n) is 17.0. The summed E-state index contributed by atoms with van der Waals surface area (Å²) in [6, 6.07) is 10.9. The van der Waals surface area contributed by atoms with Gasteiger partial charge in [0, 0.05) is 43.5 Å². The fraction of sp³-hybridized carbons (Fsp3) is 0.619. The van der Waals surface area contributed by atoms with Crippen LogP contribution < -0.4 is 9.64 Å². The van der Waals surface area contributed by atoms with Gasteiger partial charge in [0.05, 0.1) is 18.8 Å². The molecule has 0 radical (unpaired) electrons. The van der Waals surface area contributed by atoms with E-state index in [1.165, 1.54) is 11.1 Å². The normalized spacial score (nSPS) is 26.4. The molecular formula is C42H57N5O4. The molecule has 3 aromatic rings. The molecule has 5 fully saturated rings. The lowest BCUT2D eigenvalue weighted by molar-refractivity contribution is -0.124. The maximum atomic E-state index is 14.7. The highest BCUT2D eigenvalue weighted by atomic mass is 16.6. The molecule has 4 aliphatic carbocycles. The largest absolute Gasteiger partial charge is 0.496 e. The number of pyridine rings is 1. The number of aromatic nitrogens is 3. The second kappa shape index (κ2) is 13.9. The molecule has 0 atom stereocenters. The lowest BCUT2D eigenvalue weighted by Gasteiger charge is -2.55. The Labute approximate surface area is 304 Å². The predicted octanol–water partition coefficient (Wildman–Crippen LogP) is 8.68. The summed E-state index contributed by atoms with van der Waals surface area (Å²) in [5.74, 6) is 2.25. The summed E-state index contributed by atoms with van der Waals surface area (Å²) in [4.78, 5) is 36.0. The molecule has 1 aliphatic heterocycles. The van der Waals surface area contributed by atoms with E-state index < -0.39 is 0 Å². The van der Waals surface area contributed by atoms with Crippen LogP contribution in [0.2, 0.25) is 0 Å². The number of anilines is 1. The van der Waals surface area contributed by atoms with Crippen LogP contribution >= 0.6 is 0 Å². The number of carbonyl (C=O) groups excluding carboxylic acids is 2. The number of likely N-dealkylation sites (tertiary alicyclic amines) is 1. The van der Waals surface area contributed by atoms with Gasteiger partial charge in [-0.05, 0) is 143 Å². The third kappa shape index (κ3) is 7.02. The number of ether oxygens (including phenoxy) is 2. The number of fused-ring (bicyclic) bond motifs is 3. The van der Waals surface area contributed by atoms with E-state index in [2.05, 4.69) is 65.1 Å². The standard InChI is InChI=1S/C42H57N5O4/c1-7-40(4,5)47-27-33(24-44-47)32-14-21-43-37(23-32)46(38(48)31-8-11-35(12-9-31)51-39(49)45-25-29(2)26-45)28-41-15-18-42(19-16-41,20-17-41)34-10-13-36(50-6)30(3)22-34/h10,13-14,21-24,27,29,31,35H,7-9,11-12,15-20,25-26,28H2,1-6H3/t31-,35-,41?,42?. The number of hydrogen-bond acceptors (Lipinski definition) is 6. The zero-order valence-corrected chi connectivity index (χ0v) is 31.6. The van der Waals surface area contributed by atoms with Crippen LogP contribution in [0.25, 0.3) is 11.1 Å². The molecule has 3 heterocycles. The van der Waals surface area contributed by atoms with Crippen molar-refractivity contribution in [2.75, 3.05) is 31.6 Å². The summed E-state index contributed by atoms with van der Waals surface area (Å²) in [5, 5.41) is 4.71. The van der Waals surface area contributed by atoms with Gasteiger partial charge in [-0.2, -0.15) is 5.10 Å². The van der Waals surface area contributed by atoms with Gasteiger partial charge in [0.2, 0.25) is 5.91 Å². The first kappa shape index (κ1) is 35.5. The van der Waals surface area contributed by atoms with Gasteiger partial charge in [-0.1, -0.05) is 26.0 Å². The first-order valence-electron chi connectivity index (χ1n) is 19.4. The third-order valence-electron chi connectivity index (χ3n) is 13.2. The van der Waals surface area contributed by atoms with E-state index in [9.17, 15) is 9.59 Å². The van der Waals surface area contributed by atoms with Gasteiger partial charge in [0.15, 0.2) is 0 Å². The average molecular weight is 696 g/mol. The molecule has 0 spiro atoms. The molecule has 5 aliphatic rings. The number of benzene rings is 1. The Morgan fingerprint density at radius 2 is 1.69 bits per heavy atom. The first-order valence-corrected chi connectivity index (χ1v) is 19.4. The molecule has 4 saturated carbocycles. The summed E-state index contributed by atoms with van der Waals surface area (Å²) < 4.78 is 13.5. The van der Waals surface area contributed by atoms with Gasteiger partial charge in [-0.3, -0.25) is 14.4 Å². The summed E-state index contributed by atoms with van der Waals surface area (Å²) in [5.41, 5.74) is 4.85. The van der Waals surface area contributed by atoms with Crippen LogP contribution in [0.1, 0.15) is 109 Å². The molecule has 2 aromatic heterocycles. The predicted molar refractivity (Wildman–Crippen MR) is 200 cm³/mol. The highest BCUT2D eigenvalue weighted by Crippen LogP contribution is 2.58. The molecule has 0 N–H and O–H groups in total. The lowest BCUT2D eigenvalue weighted by atomic mass is 9.51. The van der Waals surface area contributed by atoms with Crippen LogP contribution in [0.5, 0.6) is 5.75 Å². The van der Waals surface area contributed by atoms with Crippen LogP contribution in [-0.2, 0) is 20.5 Å². The second-order valence-corrected chi connectivity index (χ2v) is 17.0. The summed E-state index contributed by atoms with van der Waals surface area (Å²) in [6.07, 6.45) is 16.1. The van der Waals surface area contributed by atoms with Crippen LogP contribution in [-0.4, -0.2) is 64.5 Å². The zero-order valence-electron chi connectivity index (χ0n) is 31.6. The van der Waals surface area contributed by atoms with Crippen LogP contribution in [0.3, 0.4) is 0 Å². The average Bonchev–Trinajstić information content (AvgIpc) is 3.65. The number of nitrogens with zero attached hydrogens (tertiary/aromatic N) is 5. The van der Waals surface area contributed by atoms with Crippen LogP contribution in [0.4, 0.5) is 10.6 Å². The Balaban J connectivity index is 1.11. The van der Waals surface area contributed by atoms with Gasteiger partial charge in [0.25, 0.3) is 0 Å². The van der Waals surface area contributed by atoms with Gasteiger partial charge < -0.3 is 14.4 Å². The number of carbonyl (C=O) groups is 2. The van der Waals surface area contributed by atoms with Crippen molar-refractivity contribution in [3.8, 4) is 16.9 Å². The molecule has 8 rings (SSSR count). The van der Waals surface area contributed by atoms with E-state index in [4.69, 9.17) is 19.6 Å². The summed E-state index contributed by atoms with van der Waals surface area (Å²) in [7, 11) is 1.74. The molecular weight excluding hydrogens is 638 g/mol. The summed E-state index contributed by atoms with van der Waals surface area (Å²) >= 11 is 0. The lowest BCUT2D eigenvalue weighted by Crippen LogP contribution is -2.52. The van der Waals surface area contributed by atoms with Gasteiger partial charge in [0.1, 0.15) is 17.7 Å². The summed E-state index contributed by atoms with van der Waals surface area (Å²) in [6.45, 7) is 13.1. The topological polar surface area (TPSA) is 89.8 Å². The van der Waals surface area contributed by atoms with Crippen molar-refractivity contribution < 1.29 is 19.1 Å². The van der Waals surface area contributed by atoms with Gasteiger partial charge >= 0.3 is 6.09 Å². The number of hydrogen-bond donors (Lipinski definition) is 0. The van der Waals surface area contributed by atoms with Crippen molar-refractivity contribution in [3.63, 3.8) is 0 Å². The fourth-order valence-corrected chi connectivity index (χ4v) is 9.17. The van der Waals surface area contributed by atoms with Crippen LogP contribution in [0, 0.1) is 24.2 Å². The zero-order chi connectivity index (χ0) is 36.0. The van der Waals surface area contributed by atoms with Crippen molar-refractivity contribution in [1.29, 1.82) is 0 Å². The molecule has 0 unspecified atom stereocenters. The minimum Gasteiger partial charge on any atom is -0.496 e. The van der Waals surface area contributed by atoms with E-state index in [0.29, 0.717) is 25.3 Å². The fourth-order valence-electron chi connectivity index (χ4n) is 9.17. The molecule has 2 bridgehead atoms. The third-order valence-corrected chi connectivity index (χ3v) is 13.2. The molecule has 1 saturated heterocycles. The van der Waals surface area contributed by atoms with Gasteiger partial charge in [-0.15, -0.1) is 0 Å². The number of rotatable bonds is 10. The van der Waals surface area contributed by atoms with E-state index >= 15 is 0 Å². The Morgan fingerprint density at radius 1 is 0.980 bits per heavy atom. The monoisotopic (exact) mass is 695 g/mol. The van der Waals surface area contributed by atoms with E-state index in [-0.39, 0.29) is 40.4 Å². The quantitative estimate of drug-likeness (QED) is 0.211. The Kier molecular flexibility index (Phi) is 9.70. The van der Waals surface area contributed by atoms with Crippen molar-refractivity contribution >= 4 is 17.8 Å². The molecule has 51 heavy (non-hydrogen) atoms. The molecule has 2 amide bonds. The van der Waals surface area contributed by atoms with Crippen molar-refractivity contribution in [2.45, 2.75) is 122 Å². The molecule has 9 heteroatoms. The number of methoxy groups -OCH3 is 1.